The van der Waals surface area contributed by atoms with Crippen LogP contribution in [0.2, 0.25) is 0 Å². The summed E-state index contributed by atoms with van der Waals surface area (Å²) in [5, 5.41) is 18.0. The van der Waals surface area contributed by atoms with E-state index in [0.29, 0.717) is 0 Å². The fourth-order valence-corrected chi connectivity index (χ4v) is 2.70. The van der Waals surface area contributed by atoms with E-state index in [4.69, 9.17) is 15.9 Å². The van der Waals surface area contributed by atoms with Crippen molar-refractivity contribution in [2.75, 3.05) is 12.3 Å². The van der Waals surface area contributed by atoms with Gasteiger partial charge in [0.05, 0.1) is 16.6 Å². The molecule has 0 bridgehead atoms. The van der Waals surface area contributed by atoms with E-state index in [1.807, 2.05) is 0 Å². The zero-order valence-corrected chi connectivity index (χ0v) is 11.1. The van der Waals surface area contributed by atoms with Gasteiger partial charge in [0, 0.05) is 12.2 Å². The minimum absolute atomic E-state index is 0.00780. The maximum Gasteiger partial charge on any atom is 0.337 e. The van der Waals surface area contributed by atoms with Crippen molar-refractivity contribution in [2.45, 2.75) is 24.3 Å². The van der Waals surface area contributed by atoms with Crippen LogP contribution in [0.25, 0.3) is 0 Å². The standard InChI is InChI=1S/C11H16N2O5S/c1-7(14)4-5-13-19(17,18)10-6-8(12)2-3-9(10)11(15)16/h2-3,6-7,13-14H,4-5,12H2,1H3,(H,15,16). The lowest BCUT2D eigenvalue weighted by atomic mass is 10.2. The first-order valence-electron chi connectivity index (χ1n) is 5.54. The monoisotopic (exact) mass is 288 g/mol. The minimum Gasteiger partial charge on any atom is -0.478 e. The summed E-state index contributed by atoms with van der Waals surface area (Å²) in [5.41, 5.74) is 5.28. The van der Waals surface area contributed by atoms with Crippen molar-refractivity contribution in [3.8, 4) is 0 Å². The normalized spacial score (nSPS) is 13.2. The lowest BCUT2D eigenvalue weighted by Gasteiger charge is -2.10. The molecular weight excluding hydrogens is 272 g/mol. The Morgan fingerprint density at radius 1 is 1.47 bits per heavy atom. The molecule has 1 aromatic carbocycles. The van der Waals surface area contributed by atoms with Crippen molar-refractivity contribution in [2.24, 2.45) is 0 Å². The van der Waals surface area contributed by atoms with E-state index in [2.05, 4.69) is 4.72 Å². The molecule has 5 N–H and O–H groups in total. The molecule has 0 amide bonds. The van der Waals surface area contributed by atoms with Crippen LogP contribution in [-0.2, 0) is 10.0 Å². The molecule has 1 atom stereocenters. The van der Waals surface area contributed by atoms with Gasteiger partial charge < -0.3 is 15.9 Å². The highest BCUT2D eigenvalue weighted by atomic mass is 32.2. The molecule has 7 nitrogen and oxygen atoms in total. The third-order valence-corrected chi connectivity index (χ3v) is 3.88. The van der Waals surface area contributed by atoms with Gasteiger partial charge in [-0.1, -0.05) is 0 Å². The Morgan fingerprint density at radius 2 is 2.11 bits per heavy atom. The van der Waals surface area contributed by atoms with Crippen molar-refractivity contribution in [1.82, 2.24) is 4.72 Å². The summed E-state index contributed by atoms with van der Waals surface area (Å²) in [4.78, 5) is 10.6. The molecule has 106 valence electrons. The van der Waals surface area contributed by atoms with E-state index in [1.54, 1.807) is 0 Å². The highest BCUT2D eigenvalue weighted by Gasteiger charge is 2.22. The number of carboxylic acid groups (broad SMARTS) is 1. The highest BCUT2D eigenvalue weighted by Crippen LogP contribution is 2.19. The Labute approximate surface area is 111 Å². The second-order valence-electron chi connectivity index (χ2n) is 4.10. The number of nitrogen functional groups attached to an aromatic ring is 1. The predicted octanol–water partition coefficient (Wildman–Crippen LogP) is 0.0162. The molecule has 0 fully saturated rings. The molecule has 1 aromatic rings. The Balaban J connectivity index is 3.06. The molecule has 0 aliphatic rings. The number of hydrogen-bond acceptors (Lipinski definition) is 5. The second-order valence-corrected chi connectivity index (χ2v) is 5.83. The summed E-state index contributed by atoms with van der Waals surface area (Å²) in [6.07, 6.45) is -0.424. The van der Waals surface area contributed by atoms with Crippen LogP contribution < -0.4 is 10.5 Å². The minimum atomic E-state index is -3.98. The molecular formula is C11H16N2O5S. The molecule has 0 aromatic heterocycles. The number of anilines is 1. The molecule has 0 aliphatic heterocycles. The number of carboxylic acids is 1. The number of aliphatic hydroxyl groups is 1. The van der Waals surface area contributed by atoms with Gasteiger partial charge in [0.1, 0.15) is 0 Å². The van der Waals surface area contributed by atoms with Crippen molar-refractivity contribution >= 4 is 21.7 Å². The molecule has 1 unspecified atom stereocenters. The number of benzene rings is 1. The summed E-state index contributed by atoms with van der Waals surface area (Å²) >= 11 is 0. The van der Waals surface area contributed by atoms with Crippen LogP contribution in [0.3, 0.4) is 0 Å². The van der Waals surface area contributed by atoms with E-state index >= 15 is 0 Å². The lowest BCUT2D eigenvalue weighted by Crippen LogP contribution is -2.28. The van der Waals surface area contributed by atoms with Gasteiger partial charge >= 0.3 is 5.97 Å². The number of rotatable bonds is 6. The SMILES string of the molecule is CC(O)CCNS(=O)(=O)c1cc(N)ccc1C(=O)O. The van der Waals surface area contributed by atoms with Crippen molar-refractivity contribution in [1.29, 1.82) is 0 Å². The largest absolute Gasteiger partial charge is 0.478 e. The van der Waals surface area contributed by atoms with Crippen LogP contribution in [0.15, 0.2) is 23.1 Å². The van der Waals surface area contributed by atoms with E-state index in [1.165, 1.54) is 13.0 Å². The Bertz CT molecular complexity index is 568. The Kier molecular flexibility index (Phi) is 4.87. The molecule has 0 aliphatic carbocycles. The van der Waals surface area contributed by atoms with Gasteiger partial charge in [-0.15, -0.1) is 0 Å². The van der Waals surface area contributed by atoms with E-state index in [-0.39, 0.29) is 29.1 Å². The summed E-state index contributed by atoms with van der Waals surface area (Å²) in [5.74, 6) is -1.35. The Morgan fingerprint density at radius 3 is 2.63 bits per heavy atom. The zero-order chi connectivity index (χ0) is 14.6. The molecule has 19 heavy (non-hydrogen) atoms. The van der Waals surface area contributed by atoms with Crippen LogP contribution >= 0.6 is 0 Å². The summed E-state index contributed by atoms with van der Waals surface area (Å²) in [6, 6.07) is 3.55. The smallest absolute Gasteiger partial charge is 0.337 e. The summed E-state index contributed by atoms with van der Waals surface area (Å²) in [7, 11) is -3.98. The predicted molar refractivity (Wildman–Crippen MR) is 69.3 cm³/mol. The van der Waals surface area contributed by atoms with Crippen molar-refractivity contribution in [3.05, 3.63) is 23.8 Å². The number of nitrogens with two attached hydrogens (primary N) is 1. The molecule has 0 heterocycles. The average Bonchev–Trinajstić information content (AvgIpc) is 2.27. The summed E-state index contributed by atoms with van der Waals surface area (Å²) in [6.45, 7) is 1.53. The molecule has 0 saturated carbocycles. The average molecular weight is 288 g/mol. The van der Waals surface area contributed by atoms with Gasteiger partial charge in [-0.3, -0.25) is 0 Å². The van der Waals surface area contributed by atoms with Crippen LogP contribution in [0, 0.1) is 0 Å². The van der Waals surface area contributed by atoms with E-state index in [0.717, 1.165) is 12.1 Å². The molecule has 1 rings (SSSR count). The van der Waals surface area contributed by atoms with Gasteiger partial charge in [-0.2, -0.15) is 0 Å². The van der Waals surface area contributed by atoms with Crippen LogP contribution in [0.1, 0.15) is 23.7 Å². The topological polar surface area (TPSA) is 130 Å². The molecule has 0 saturated heterocycles. The van der Waals surface area contributed by atoms with Crippen molar-refractivity contribution < 1.29 is 23.4 Å². The molecule has 0 spiro atoms. The first-order valence-corrected chi connectivity index (χ1v) is 7.03. The first-order chi connectivity index (χ1) is 8.74. The lowest BCUT2D eigenvalue weighted by molar-refractivity contribution is 0.0692. The maximum absolute atomic E-state index is 12.0. The van der Waals surface area contributed by atoms with Gasteiger partial charge in [-0.25, -0.2) is 17.9 Å². The molecule has 0 radical (unpaired) electrons. The highest BCUT2D eigenvalue weighted by molar-refractivity contribution is 7.89. The maximum atomic E-state index is 12.0. The first kappa shape index (κ1) is 15.4. The quantitative estimate of drug-likeness (QED) is 0.546. The van der Waals surface area contributed by atoms with E-state index < -0.39 is 22.1 Å². The van der Waals surface area contributed by atoms with Crippen molar-refractivity contribution in [3.63, 3.8) is 0 Å². The van der Waals surface area contributed by atoms with Crippen LogP contribution in [0.4, 0.5) is 5.69 Å². The number of hydrogen-bond donors (Lipinski definition) is 4. The third kappa shape index (κ3) is 4.19. The number of aliphatic hydroxyl groups excluding tert-OH is 1. The zero-order valence-electron chi connectivity index (χ0n) is 10.3. The molecule has 8 heteroatoms. The van der Waals surface area contributed by atoms with Gasteiger partial charge in [0.2, 0.25) is 10.0 Å². The number of nitrogens with one attached hydrogen (secondary N) is 1. The fraction of sp³-hybridized carbons (Fsp3) is 0.364. The van der Waals surface area contributed by atoms with E-state index in [9.17, 15) is 13.2 Å². The second kappa shape index (κ2) is 6.00. The number of aromatic carboxylic acids is 1. The van der Waals surface area contributed by atoms with Gasteiger partial charge in [0.15, 0.2) is 0 Å². The third-order valence-electron chi connectivity index (χ3n) is 2.38. The summed E-state index contributed by atoms with van der Waals surface area (Å²) < 4.78 is 26.2. The number of carbonyl (C=O) groups is 1. The number of sulfonamides is 1. The van der Waals surface area contributed by atoms with Crippen LogP contribution in [0.5, 0.6) is 0 Å². The Hall–Kier alpha value is -1.64. The van der Waals surface area contributed by atoms with Gasteiger partial charge in [0.25, 0.3) is 0 Å². The van der Waals surface area contributed by atoms with Gasteiger partial charge in [-0.05, 0) is 31.5 Å². The fourth-order valence-electron chi connectivity index (χ4n) is 1.42. The van der Waals surface area contributed by atoms with Crippen LogP contribution in [-0.4, -0.2) is 37.2 Å².